The number of aryl methyl sites for hydroxylation is 1. The molecule has 0 aliphatic heterocycles. The summed E-state index contributed by atoms with van der Waals surface area (Å²) in [4.78, 5) is 0. The van der Waals surface area contributed by atoms with Crippen LogP contribution in [0.25, 0.3) is 0 Å². The molecule has 0 radical (unpaired) electrons. The summed E-state index contributed by atoms with van der Waals surface area (Å²) in [6.45, 7) is 2.27. The van der Waals surface area contributed by atoms with E-state index in [1.54, 1.807) is 0 Å². The van der Waals surface area contributed by atoms with E-state index in [0.29, 0.717) is 5.92 Å². The van der Waals surface area contributed by atoms with Gasteiger partial charge in [0, 0.05) is 0 Å². The summed E-state index contributed by atoms with van der Waals surface area (Å²) in [5.41, 5.74) is 5.33. The Morgan fingerprint density at radius 3 is 2.50 bits per heavy atom. The summed E-state index contributed by atoms with van der Waals surface area (Å²) in [6, 6.07) is 14.2. The summed E-state index contributed by atoms with van der Waals surface area (Å²) in [5, 5.41) is 9.08. The molecule has 2 heteroatoms. The van der Waals surface area contributed by atoms with Crippen molar-refractivity contribution in [1.29, 1.82) is 5.26 Å². The molecule has 0 heterocycles. The van der Waals surface area contributed by atoms with Gasteiger partial charge in [-0.1, -0.05) is 38.0 Å². The van der Waals surface area contributed by atoms with Crippen molar-refractivity contribution in [3.05, 3.63) is 70.0 Å². The molecule has 2 aliphatic carbocycles. The zero-order chi connectivity index (χ0) is 19.5. The summed E-state index contributed by atoms with van der Waals surface area (Å²) >= 11 is 0. The molecule has 0 aromatic heterocycles. The minimum absolute atomic E-state index is 0.0183. The quantitative estimate of drug-likeness (QED) is 0.562. The maximum atomic E-state index is 15.0. The van der Waals surface area contributed by atoms with Gasteiger partial charge in [-0.15, -0.1) is 0 Å². The molecule has 0 amide bonds. The van der Waals surface area contributed by atoms with Gasteiger partial charge in [0.2, 0.25) is 0 Å². The van der Waals surface area contributed by atoms with Gasteiger partial charge in [-0.2, -0.15) is 5.26 Å². The second kappa shape index (κ2) is 8.48. The van der Waals surface area contributed by atoms with Crippen molar-refractivity contribution in [2.45, 2.75) is 76.5 Å². The maximum absolute atomic E-state index is 15.0. The first-order chi connectivity index (χ1) is 13.7. The Morgan fingerprint density at radius 2 is 1.79 bits per heavy atom. The van der Waals surface area contributed by atoms with Crippen molar-refractivity contribution < 1.29 is 4.39 Å². The predicted molar refractivity (Wildman–Crippen MR) is 112 cm³/mol. The molecular weight excluding hydrogens is 345 g/mol. The first kappa shape index (κ1) is 19.2. The van der Waals surface area contributed by atoms with Crippen molar-refractivity contribution in [2.75, 3.05) is 0 Å². The smallest absolute Gasteiger partial charge is 0.126 e. The number of nitrogens with zero attached hydrogens (tertiary/aromatic N) is 1. The third-order valence-electron chi connectivity index (χ3n) is 7.04. The van der Waals surface area contributed by atoms with Crippen molar-refractivity contribution in [1.82, 2.24) is 0 Å². The fourth-order valence-electron chi connectivity index (χ4n) is 5.41. The van der Waals surface area contributed by atoms with E-state index in [2.05, 4.69) is 31.2 Å². The highest BCUT2D eigenvalue weighted by Crippen LogP contribution is 2.39. The normalized spacial score (nSPS) is 24.4. The van der Waals surface area contributed by atoms with Gasteiger partial charge >= 0.3 is 0 Å². The van der Waals surface area contributed by atoms with Crippen LogP contribution < -0.4 is 0 Å². The van der Waals surface area contributed by atoms with Crippen LogP contribution in [0.3, 0.4) is 0 Å². The molecule has 1 nitrogen and oxygen atoms in total. The summed E-state index contributed by atoms with van der Waals surface area (Å²) < 4.78 is 15.0. The number of nitriles is 1. The fraction of sp³-hybridized carbons (Fsp3) is 0.500. The van der Waals surface area contributed by atoms with Crippen LogP contribution in [0.1, 0.15) is 91.5 Å². The average Bonchev–Trinajstić information content (AvgIpc) is 2.73. The van der Waals surface area contributed by atoms with Gasteiger partial charge in [0.1, 0.15) is 5.82 Å². The monoisotopic (exact) mass is 375 g/mol. The van der Waals surface area contributed by atoms with Crippen LogP contribution in [0, 0.1) is 23.1 Å². The van der Waals surface area contributed by atoms with E-state index in [-0.39, 0.29) is 11.7 Å². The predicted octanol–water partition coefficient (Wildman–Crippen LogP) is 7.04. The van der Waals surface area contributed by atoms with Crippen LogP contribution in [0.2, 0.25) is 0 Å². The minimum Gasteiger partial charge on any atom is -0.207 e. The maximum Gasteiger partial charge on any atom is 0.126 e. The topological polar surface area (TPSA) is 23.8 Å². The Morgan fingerprint density at radius 1 is 0.964 bits per heavy atom. The van der Waals surface area contributed by atoms with Gasteiger partial charge < -0.3 is 0 Å². The van der Waals surface area contributed by atoms with Gasteiger partial charge in [-0.25, -0.2) is 4.39 Å². The number of hydrogen-bond donors (Lipinski definition) is 0. The molecule has 1 atom stereocenters. The molecule has 146 valence electrons. The van der Waals surface area contributed by atoms with Crippen LogP contribution >= 0.6 is 0 Å². The molecule has 0 saturated heterocycles. The molecule has 0 bridgehead atoms. The SMILES string of the molecule is CCCC1CCC(c2ccc(C3CCc4cc(C#N)ccc4C3)c(F)c2)CC1. The second-order valence-corrected chi connectivity index (χ2v) is 8.82. The largest absolute Gasteiger partial charge is 0.207 e. The molecule has 1 fully saturated rings. The lowest BCUT2D eigenvalue weighted by molar-refractivity contribution is 0.308. The standard InChI is InChI=1S/C26H30FN/c1-2-3-18-4-7-20(8-5-18)23-12-13-25(26(27)16-23)24-11-10-21-14-19(17-28)6-9-22(21)15-24/h6,9,12-14,16,18,20,24H,2-5,7-8,10-11,15H2,1H3. The zero-order valence-corrected chi connectivity index (χ0v) is 16.9. The molecular formula is C26H30FN. The molecule has 2 aromatic rings. The van der Waals surface area contributed by atoms with Gasteiger partial charge in [0.05, 0.1) is 11.6 Å². The fourth-order valence-corrected chi connectivity index (χ4v) is 5.41. The van der Waals surface area contributed by atoms with Crippen molar-refractivity contribution in [3.8, 4) is 6.07 Å². The number of fused-ring (bicyclic) bond motifs is 1. The highest BCUT2D eigenvalue weighted by molar-refractivity contribution is 5.41. The second-order valence-electron chi connectivity index (χ2n) is 8.82. The van der Waals surface area contributed by atoms with Crippen LogP contribution in [0.15, 0.2) is 36.4 Å². The molecule has 2 aromatic carbocycles. The average molecular weight is 376 g/mol. The summed E-state index contributed by atoms with van der Waals surface area (Å²) in [6.07, 6.45) is 10.4. The van der Waals surface area contributed by atoms with Gasteiger partial charge in [0.25, 0.3) is 0 Å². The Kier molecular flexibility index (Phi) is 5.81. The first-order valence-corrected chi connectivity index (χ1v) is 11.0. The molecule has 28 heavy (non-hydrogen) atoms. The Bertz CT molecular complexity index is 870. The van der Waals surface area contributed by atoms with Gasteiger partial charge in [-0.05, 0) is 103 Å². The number of rotatable bonds is 4. The highest BCUT2D eigenvalue weighted by Gasteiger charge is 2.25. The molecule has 0 N–H and O–H groups in total. The Labute approximate surface area is 168 Å². The van der Waals surface area contributed by atoms with E-state index < -0.39 is 0 Å². The number of halogens is 1. The summed E-state index contributed by atoms with van der Waals surface area (Å²) in [7, 11) is 0. The third-order valence-corrected chi connectivity index (χ3v) is 7.04. The lowest BCUT2D eigenvalue weighted by Crippen LogP contribution is -2.16. The lowest BCUT2D eigenvalue weighted by Gasteiger charge is -2.29. The van der Waals surface area contributed by atoms with Crippen molar-refractivity contribution in [3.63, 3.8) is 0 Å². The third kappa shape index (κ3) is 4.00. The van der Waals surface area contributed by atoms with Gasteiger partial charge in [-0.3, -0.25) is 0 Å². The molecule has 2 aliphatic rings. The molecule has 1 saturated carbocycles. The van der Waals surface area contributed by atoms with Crippen LogP contribution in [0.4, 0.5) is 4.39 Å². The van der Waals surface area contributed by atoms with E-state index in [1.807, 2.05) is 18.2 Å². The van der Waals surface area contributed by atoms with Crippen LogP contribution in [-0.2, 0) is 12.8 Å². The Hall–Kier alpha value is -2.14. The van der Waals surface area contributed by atoms with E-state index in [0.717, 1.165) is 36.3 Å². The van der Waals surface area contributed by atoms with E-state index in [1.165, 1.54) is 55.2 Å². The van der Waals surface area contributed by atoms with E-state index in [4.69, 9.17) is 5.26 Å². The van der Waals surface area contributed by atoms with Crippen LogP contribution in [0.5, 0.6) is 0 Å². The van der Waals surface area contributed by atoms with Crippen LogP contribution in [-0.4, -0.2) is 0 Å². The van der Waals surface area contributed by atoms with E-state index in [9.17, 15) is 0 Å². The van der Waals surface area contributed by atoms with E-state index >= 15 is 4.39 Å². The minimum atomic E-state index is -0.0183. The van der Waals surface area contributed by atoms with Gasteiger partial charge in [0.15, 0.2) is 0 Å². The molecule has 0 spiro atoms. The molecule has 4 rings (SSSR count). The Balaban J connectivity index is 1.46. The van der Waals surface area contributed by atoms with Crippen molar-refractivity contribution >= 4 is 0 Å². The summed E-state index contributed by atoms with van der Waals surface area (Å²) in [5.74, 6) is 1.65. The molecule has 1 unspecified atom stereocenters. The highest BCUT2D eigenvalue weighted by atomic mass is 19.1. The number of benzene rings is 2. The van der Waals surface area contributed by atoms with Crippen molar-refractivity contribution in [2.24, 2.45) is 5.92 Å². The zero-order valence-electron chi connectivity index (χ0n) is 16.9. The lowest BCUT2D eigenvalue weighted by atomic mass is 9.76. The number of hydrogen-bond acceptors (Lipinski definition) is 1. The first-order valence-electron chi connectivity index (χ1n) is 11.0.